The lowest BCUT2D eigenvalue weighted by atomic mass is 10.1. The molecule has 1 N–H and O–H groups in total. The molecule has 130 valence electrons. The molecule has 1 amide bonds. The van der Waals surface area contributed by atoms with Crippen molar-refractivity contribution in [3.63, 3.8) is 0 Å². The zero-order chi connectivity index (χ0) is 18.0. The van der Waals surface area contributed by atoms with Gasteiger partial charge in [0, 0.05) is 24.0 Å². The van der Waals surface area contributed by atoms with E-state index in [4.69, 9.17) is 0 Å². The summed E-state index contributed by atoms with van der Waals surface area (Å²) < 4.78 is 2.12. The van der Waals surface area contributed by atoms with Crippen LogP contribution in [0.2, 0.25) is 0 Å². The van der Waals surface area contributed by atoms with Gasteiger partial charge in [-0.2, -0.15) is 0 Å². The molecule has 0 saturated heterocycles. The first-order valence-electron chi connectivity index (χ1n) is 9.00. The number of rotatable bonds is 5. The van der Waals surface area contributed by atoms with Crippen LogP contribution >= 0.6 is 0 Å². The third kappa shape index (κ3) is 3.32. The molecule has 0 aliphatic rings. The highest BCUT2D eigenvalue weighted by Gasteiger charge is 2.19. The largest absolute Gasteiger partial charge is 0.347 e. The first-order chi connectivity index (χ1) is 12.0. The Labute approximate surface area is 149 Å². The molecule has 0 spiro atoms. The summed E-state index contributed by atoms with van der Waals surface area (Å²) in [6.45, 7) is 9.68. The number of nitrogens with zero attached hydrogens (tertiary/aromatic N) is 1. The van der Waals surface area contributed by atoms with E-state index in [0.717, 1.165) is 35.3 Å². The van der Waals surface area contributed by atoms with E-state index in [-0.39, 0.29) is 5.91 Å². The van der Waals surface area contributed by atoms with Gasteiger partial charge < -0.3 is 9.88 Å². The second kappa shape index (κ2) is 7.14. The smallest absolute Gasteiger partial charge is 0.268 e. The van der Waals surface area contributed by atoms with Gasteiger partial charge in [-0.25, -0.2) is 0 Å². The first-order valence-corrected chi connectivity index (χ1v) is 9.00. The Kier molecular flexibility index (Phi) is 4.93. The van der Waals surface area contributed by atoms with Gasteiger partial charge in [0.25, 0.3) is 5.91 Å². The summed E-state index contributed by atoms with van der Waals surface area (Å²) in [6.07, 6.45) is 1.00. The van der Waals surface area contributed by atoms with Crippen LogP contribution < -0.4 is 5.32 Å². The Bertz CT molecular complexity index is 904. The summed E-state index contributed by atoms with van der Waals surface area (Å²) in [4.78, 5) is 12.9. The summed E-state index contributed by atoms with van der Waals surface area (Å²) in [6, 6.07) is 14.8. The lowest BCUT2D eigenvalue weighted by Crippen LogP contribution is -2.26. The molecule has 3 nitrogen and oxygen atoms in total. The normalized spacial score (nSPS) is 11.0. The number of hydrogen-bond acceptors (Lipinski definition) is 1. The van der Waals surface area contributed by atoms with E-state index in [1.54, 1.807) is 0 Å². The highest BCUT2D eigenvalue weighted by Crippen LogP contribution is 2.27. The maximum Gasteiger partial charge on any atom is 0.268 e. The minimum Gasteiger partial charge on any atom is -0.347 e. The van der Waals surface area contributed by atoms with Crippen molar-refractivity contribution in [3.05, 3.63) is 70.4 Å². The second-order valence-corrected chi connectivity index (χ2v) is 6.59. The zero-order valence-corrected chi connectivity index (χ0v) is 15.5. The molecule has 0 aliphatic heterocycles. The van der Waals surface area contributed by atoms with Gasteiger partial charge >= 0.3 is 0 Å². The summed E-state index contributed by atoms with van der Waals surface area (Å²) in [7, 11) is 0. The zero-order valence-electron chi connectivity index (χ0n) is 15.5. The Balaban J connectivity index is 1.92. The summed E-state index contributed by atoms with van der Waals surface area (Å²) in [5.41, 5.74) is 6.62. The molecule has 0 atom stereocenters. The van der Waals surface area contributed by atoms with Crippen molar-refractivity contribution < 1.29 is 4.79 Å². The number of aromatic nitrogens is 1. The fourth-order valence-electron chi connectivity index (χ4n) is 3.38. The molecule has 0 unspecified atom stereocenters. The van der Waals surface area contributed by atoms with E-state index < -0.39 is 0 Å². The predicted molar refractivity (Wildman–Crippen MR) is 104 cm³/mol. The molecule has 0 bridgehead atoms. The summed E-state index contributed by atoms with van der Waals surface area (Å²) >= 11 is 0. The number of fused-ring (bicyclic) bond motifs is 1. The number of amides is 1. The van der Waals surface area contributed by atoms with Crippen LogP contribution in [0, 0.1) is 13.8 Å². The molecule has 0 aliphatic carbocycles. The average molecular weight is 334 g/mol. The van der Waals surface area contributed by atoms with E-state index in [9.17, 15) is 4.79 Å². The van der Waals surface area contributed by atoms with Gasteiger partial charge in [-0.1, -0.05) is 42.8 Å². The fourth-order valence-corrected chi connectivity index (χ4v) is 3.38. The van der Waals surface area contributed by atoms with Crippen molar-refractivity contribution in [1.29, 1.82) is 0 Å². The van der Waals surface area contributed by atoms with Crippen LogP contribution in [0.1, 0.15) is 46.6 Å². The molecule has 0 saturated carbocycles. The lowest BCUT2D eigenvalue weighted by molar-refractivity contribution is 0.0941. The van der Waals surface area contributed by atoms with Crippen molar-refractivity contribution in [2.75, 3.05) is 0 Å². The molecule has 1 heterocycles. The minimum atomic E-state index is -0.00539. The molecular formula is C22H26N2O. The van der Waals surface area contributed by atoms with E-state index >= 15 is 0 Å². The van der Waals surface area contributed by atoms with E-state index in [1.165, 1.54) is 16.5 Å². The topological polar surface area (TPSA) is 34.0 Å². The molecule has 3 aromatic rings. The van der Waals surface area contributed by atoms with Gasteiger partial charge in [-0.05, 0) is 56.0 Å². The highest BCUT2D eigenvalue weighted by atomic mass is 16.1. The summed E-state index contributed by atoms with van der Waals surface area (Å²) in [5, 5.41) is 4.26. The Hall–Kier alpha value is -2.55. The highest BCUT2D eigenvalue weighted by molar-refractivity contribution is 6.01. The van der Waals surface area contributed by atoms with Gasteiger partial charge in [0.2, 0.25) is 0 Å². The molecule has 25 heavy (non-hydrogen) atoms. The van der Waals surface area contributed by atoms with Crippen LogP contribution in [-0.4, -0.2) is 10.5 Å². The number of benzene rings is 2. The van der Waals surface area contributed by atoms with Crippen molar-refractivity contribution in [3.8, 4) is 0 Å². The molecule has 3 rings (SSSR count). The SMILES string of the molecule is CCc1ccc2c(c1)c(C)c(C(=O)NCc1ccc(C)cc1)n2CC. The Morgan fingerprint density at radius 2 is 1.68 bits per heavy atom. The van der Waals surface area contributed by atoms with E-state index in [0.29, 0.717) is 6.54 Å². The molecule has 3 heteroatoms. The first kappa shape index (κ1) is 17.3. The van der Waals surface area contributed by atoms with Crippen LogP contribution in [0.4, 0.5) is 0 Å². The second-order valence-electron chi connectivity index (χ2n) is 6.59. The quantitative estimate of drug-likeness (QED) is 0.716. The Morgan fingerprint density at radius 1 is 1.00 bits per heavy atom. The van der Waals surface area contributed by atoms with Gasteiger partial charge in [0.1, 0.15) is 5.69 Å². The third-order valence-corrected chi connectivity index (χ3v) is 4.89. The van der Waals surface area contributed by atoms with Crippen molar-refractivity contribution >= 4 is 16.8 Å². The molecular weight excluding hydrogens is 308 g/mol. The van der Waals surface area contributed by atoms with E-state index in [2.05, 4.69) is 80.0 Å². The van der Waals surface area contributed by atoms with Crippen LogP contribution in [0.25, 0.3) is 10.9 Å². The van der Waals surface area contributed by atoms with Gasteiger partial charge in [0.05, 0.1) is 0 Å². The number of carbonyl (C=O) groups is 1. The van der Waals surface area contributed by atoms with Crippen molar-refractivity contribution in [1.82, 2.24) is 9.88 Å². The average Bonchev–Trinajstić information content (AvgIpc) is 2.92. The maximum atomic E-state index is 12.9. The van der Waals surface area contributed by atoms with Crippen LogP contribution in [0.15, 0.2) is 42.5 Å². The van der Waals surface area contributed by atoms with Crippen molar-refractivity contribution in [2.45, 2.75) is 47.2 Å². The minimum absolute atomic E-state index is 0.00539. The summed E-state index contributed by atoms with van der Waals surface area (Å²) in [5.74, 6) is -0.00539. The molecule has 1 aromatic heterocycles. The number of carbonyl (C=O) groups excluding carboxylic acids is 1. The lowest BCUT2D eigenvalue weighted by Gasteiger charge is -2.10. The van der Waals surface area contributed by atoms with Gasteiger partial charge in [-0.15, -0.1) is 0 Å². The number of aryl methyl sites for hydroxylation is 4. The molecule has 0 fully saturated rings. The van der Waals surface area contributed by atoms with Crippen LogP contribution in [-0.2, 0) is 19.5 Å². The van der Waals surface area contributed by atoms with Gasteiger partial charge in [-0.3, -0.25) is 4.79 Å². The predicted octanol–water partition coefficient (Wildman–Crippen LogP) is 4.77. The Morgan fingerprint density at radius 3 is 2.32 bits per heavy atom. The molecule has 2 aromatic carbocycles. The van der Waals surface area contributed by atoms with Crippen molar-refractivity contribution in [2.24, 2.45) is 0 Å². The standard InChI is InChI=1S/C22H26N2O/c1-5-17-11-12-20-19(13-17)16(4)21(24(20)6-2)22(25)23-14-18-9-7-15(3)8-10-18/h7-13H,5-6,14H2,1-4H3,(H,23,25). The number of nitrogens with one attached hydrogen (secondary N) is 1. The van der Waals surface area contributed by atoms with Crippen LogP contribution in [0.5, 0.6) is 0 Å². The number of hydrogen-bond donors (Lipinski definition) is 1. The van der Waals surface area contributed by atoms with E-state index in [1.807, 2.05) is 0 Å². The maximum absolute atomic E-state index is 12.9. The third-order valence-electron chi connectivity index (χ3n) is 4.89. The van der Waals surface area contributed by atoms with Gasteiger partial charge in [0.15, 0.2) is 0 Å². The molecule has 0 radical (unpaired) electrons. The monoisotopic (exact) mass is 334 g/mol. The van der Waals surface area contributed by atoms with Crippen LogP contribution in [0.3, 0.4) is 0 Å². The fraction of sp³-hybridized carbons (Fsp3) is 0.318.